The smallest absolute Gasteiger partial charge is 0.379 e. The predicted octanol–water partition coefficient (Wildman–Crippen LogP) is 3.42. The van der Waals surface area contributed by atoms with Gasteiger partial charge in [-0.05, 0) is 67.2 Å². The van der Waals surface area contributed by atoms with E-state index in [9.17, 15) is 18.0 Å². The summed E-state index contributed by atoms with van der Waals surface area (Å²) >= 11 is 0. The molecule has 1 N–H and O–H groups in total. The molecule has 1 aromatic carbocycles. The maximum atomic E-state index is 13.1. The summed E-state index contributed by atoms with van der Waals surface area (Å²) in [6.45, 7) is 3.34. The highest BCUT2D eigenvalue weighted by molar-refractivity contribution is 5.96. The van der Waals surface area contributed by atoms with Crippen LogP contribution in [0, 0.1) is 11.8 Å². The molecule has 4 nitrogen and oxygen atoms in total. The van der Waals surface area contributed by atoms with E-state index in [2.05, 4.69) is 10.2 Å². The summed E-state index contributed by atoms with van der Waals surface area (Å²) in [5, 5.41) is 3.09. The summed E-state index contributed by atoms with van der Waals surface area (Å²) in [5.41, 5.74) is 0.230. The largest absolute Gasteiger partial charge is 0.416 e. The Morgan fingerprint density at radius 1 is 1.14 bits per heavy atom. The van der Waals surface area contributed by atoms with Crippen LogP contribution in [0.25, 0.3) is 0 Å². The minimum Gasteiger partial charge on any atom is -0.379 e. The third kappa shape index (κ3) is 3.54. The van der Waals surface area contributed by atoms with Crippen molar-refractivity contribution in [1.29, 1.82) is 0 Å². The molecule has 2 heterocycles. The van der Waals surface area contributed by atoms with Gasteiger partial charge in [-0.2, -0.15) is 13.2 Å². The number of ether oxygens (including phenoxy) is 1. The Balaban J connectivity index is 1.34. The maximum absolute atomic E-state index is 13.1. The zero-order valence-corrected chi connectivity index (χ0v) is 15.7. The lowest BCUT2D eigenvalue weighted by molar-refractivity contribution is -0.137. The Morgan fingerprint density at radius 2 is 1.89 bits per heavy atom. The van der Waals surface area contributed by atoms with Crippen LogP contribution in [0.3, 0.4) is 0 Å². The zero-order valence-electron chi connectivity index (χ0n) is 15.7. The number of carbonyl (C=O) groups is 1. The number of rotatable bonds is 4. The van der Waals surface area contributed by atoms with Crippen LogP contribution in [-0.2, 0) is 10.9 Å². The van der Waals surface area contributed by atoms with Crippen LogP contribution >= 0.6 is 0 Å². The van der Waals surface area contributed by atoms with E-state index >= 15 is 0 Å². The number of carbonyl (C=O) groups excluding carboxylic acids is 1. The second-order valence-corrected chi connectivity index (χ2v) is 8.79. The van der Waals surface area contributed by atoms with Crippen LogP contribution in [-0.4, -0.2) is 49.2 Å². The fourth-order valence-electron chi connectivity index (χ4n) is 4.93. The van der Waals surface area contributed by atoms with E-state index in [1.807, 2.05) is 0 Å². The molecule has 4 aliphatic rings. The monoisotopic (exact) mass is 394 g/mol. The van der Waals surface area contributed by atoms with E-state index in [1.54, 1.807) is 0 Å². The van der Waals surface area contributed by atoms with Gasteiger partial charge in [0.25, 0.3) is 5.91 Å². The molecule has 2 aliphatic carbocycles. The topological polar surface area (TPSA) is 41.6 Å². The standard InChI is InChI=1S/C21H25F3N2O2/c22-21(23,24)15-3-4-16(17(8-15)12-1-2-12)20(27)25-18-11-28-6-5-19(18)26-9-13-7-14(13)10-26/h3-4,8,12-14,18-19H,1-2,5-7,9-11H2,(H,25,27). The van der Waals surface area contributed by atoms with Crippen molar-refractivity contribution in [3.8, 4) is 0 Å². The van der Waals surface area contributed by atoms with Crippen molar-refractivity contribution in [2.45, 2.75) is 49.9 Å². The summed E-state index contributed by atoms with van der Waals surface area (Å²) in [6.07, 6.45) is -0.502. The van der Waals surface area contributed by atoms with Gasteiger partial charge >= 0.3 is 6.18 Å². The third-order valence-corrected chi connectivity index (χ3v) is 6.75. The Hall–Kier alpha value is -1.60. The number of benzene rings is 1. The Bertz CT molecular complexity index is 767. The van der Waals surface area contributed by atoms with Gasteiger partial charge in [0, 0.05) is 31.3 Å². The number of nitrogens with zero attached hydrogens (tertiary/aromatic N) is 1. The van der Waals surface area contributed by atoms with Gasteiger partial charge in [-0.1, -0.05) is 0 Å². The fourth-order valence-corrected chi connectivity index (χ4v) is 4.93. The average molecular weight is 394 g/mol. The van der Waals surface area contributed by atoms with Crippen LogP contribution in [0.15, 0.2) is 18.2 Å². The Morgan fingerprint density at radius 3 is 2.57 bits per heavy atom. The van der Waals surface area contributed by atoms with Crippen LogP contribution in [0.1, 0.15) is 53.1 Å². The highest BCUT2D eigenvalue weighted by atomic mass is 19.4. The van der Waals surface area contributed by atoms with Crippen molar-refractivity contribution in [2.24, 2.45) is 11.8 Å². The Kier molecular flexibility index (Phi) is 4.43. The summed E-state index contributed by atoms with van der Waals surface area (Å²) in [6, 6.07) is 3.66. The summed E-state index contributed by atoms with van der Waals surface area (Å²) in [4.78, 5) is 15.5. The quantitative estimate of drug-likeness (QED) is 0.851. The lowest BCUT2D eigenvalue weighted by Crippen LogP contribution is -2.56. The van der Waals surface area contributed by atoms with Crippen molar-refractivity contribution in [2.75, 3.05) is 26.3 Å². The second kappa shape index (κ2) is 6.73. The third-order valence-electron chi connectivity index (χ3n) is 6.75. The molecule has 4 unspecified atom stereocenters. The van der Waals surface area contributed by atoms with Gasteiger partial charge < -0.3 is 10.1 Å². The van der Waals surface area contributed by atoms with Crippen LogP contribution in [0.5, 0.6) is 0 Å². The van der Waals surface area contributed by atoms with Crippen molar-refractivity contribution in [1.82, 2.24) is 10.2 Å². The first-order valence-electron chi connectivity index (χ1n) is 10.2. The summed E-state index contributed by atoms with van der Waals surface area (Å²) in [7, 11) is 0. The van der Waals surface area contributed by atoms with Gasteiger partial charge in [0.05, 0.1) is 18.2 Å². The summed E-state index contributed by atoms with van der Waals surface area (Å²) < 4.78 is 44.9. The number of nitrogens with one attached hydrogen (secondary N) is 1. The number of likely N-dealkylation sites (tertiary alicyclic amines) is 1. The molecule has 0 bridgehead atoms. The predicted molar refractivity (Wildman–Crippen MR) is 97.1 cm³/mol. The van der Waals surface area contributed by atoms with Crippen molar-refractivity contribution < 1.29 is 22.7 Å². The van der Waals surface area contributed by atoms with E-state index in [-0.39, 0.29) is 23.9 Å². The molecule has 4 fully saturated rings. The van der Waals surface area contributed by atoms with Gasteiger partial charge in [0.15, 0.2) is 0 Å². The summed E-state index contributed by atoms with van der Waals surface area (Å²) in [5.74, 6) is 1.42. The Labute approximate surface area is 162 Å². The van der Waals surface area contributed by atoms with Gasteiger partial charge in [0.1, 0.15) is 0 Å². The SMILES string of the molecule is O=C(NC1COCCC1N1CC2CC2C1)c1ccc(C(F)(F)F)cc1C1CC1. The number of piperidine rings is 1. The molecule has 2 saturated heterocycles. The van der Waals surface area contributed by atoms with Crippen molar-refractivity contribution in [3.63, 3.8) is 0 Å². The van der Waals surface area contributed by atoms with Gasteiger partial charge in [-0.15, -0.1) is 0 Å². The first kappa shape index (κ1) is 18.4. The molecule has 28 heavy (non-hydrogen) atoms. The van der Waals surface area contributed by atoms with Gasteiger partial charge in [-0.25, -0.2) is 0 Å². The van der Waals surface area contributed by atoms with Crippen molar-refractivity contribution >= 4 is 5.91 Å². The molecular formula is C21H25F3N2O2. The highest BCUT2D eigenvalue weighted by Crippen LogP contribution is 2.46. The molecule has 5 rings (SSSR count). The van der Waals surface area contributed by atoms with Crippen LogP contribution in [0.4, 0.5) is 13.2 Å². The molecule has 1 amide bonds. The molecule has 0 aromatic heterocycles. The van der Waals surface area contributed by atoms with E-state index in [0.29, 0.717) is 24.3 Å². The van der Waals surface area contributed by atoms with Gasteiger partial charge in [0.2, 0.25) is 0 Å². The fraction of sp³-hybridized carbons (Fsp3) is 0.667. The van der Waals surface area contributed by atoms with E-state index < -0.39 is 11.7 Å². The number of halogens is 3. The van der Waals surface area contributed by atoms with Gasteiger partial charge in [-0.3, -0.25) is 9.69 Å². The van der Waals surface area contributed by atoms with Crippen LogP contribution < -0.4 is 5.32 Å². The van der Waals surface area contributed by atoms with E-state index in [1.165, 1.54) is 12.5 Å². The second-order valence-electron chi connectivity index (χ2n) is 8.79. The number of amides is 1. The molecule has 1 aromatic rings. The molecular weight excluding hydrogens is 369 g/mol. The lowest BCUT2D eigenvalue weighted by atomic mass is 9.97. The number of alkyl halides is 3. The van der Waals surface area contributed by atoms with E-state index in [0.717, 1.165) is 56.3 Å². The average Bonchev–Trinajstić information content (AvgIpc) is 3.60. The molecule has 4 atom stereocenters. The molecule has 7 heteroatoms. The number of hydrogen-bond acceptors (Lipinski definition) is 3. The van der Waals surface area contributed by atoms with E-state index in [4.69, 9.17) is 4.74 Å². The minimum absolute atomic E-state index is 0.0622. The number of hydrogen-bond donors (Lipinski definition) is 1. The zero-order chi connectivity index (χ0) is 19.5. The molecule has 0 spiro atoms. The molecule has 0 radical (unpaired) electrons. The molecule has 2 saturated carbocycles. The molecule has 2 aliphatic heterocycles. The first-order chi connectivity index (χ1) is 13.4. The minimum atomic E-state index is -4.39. The maximum Gasteiger partial charge on any atom is 0.416 e. The highest BCUT2D eigenvalue weighted by Gasteiger charge is 2.48. The normalized spacial score (nSPS) is 32.8. The molecule has 152 valence electrons. The number of fused-ring (bicyclic) bond motifs is 1. The first-order valence-corrected chi connectivity index (χ1v) is 10.2. The van der Waals surface area contributed by atoms with Crippen LogP contribution in [0.2, 0.25) is 0 Å². The lowest BCUT2D eigenvalue weighted by Gasteiger charge is -2.39. The van der Waals surface area contributed by atoms with Crippen molar-refractivity contribution in [3.05, 3.63) is 34.9 Å².